The Hall–Kier alpha value is -3.22. The van der Waals surface area contributed by atoms with E-state index in [2.05, 4.69) is 12.2 Å². The van der Waals surface area contributed by atoms with Crippen LogP contribution in [0.2, 0.25) is 0 Å². The van der Waals surface area contributed by atoms with E-state index in [1.54, 1.807) is 6.07 Å². The van der Waals surface area contributed by atoms with Crippen molar-refractivity contribution >= 4 is 17.6 Å². The first-order valence-corrected chi connectivity index (χ1v) is 8.86. The largest absolute Gasteiger partial charge is 0.493 e. The molecule has 2 unspecified atom stereocenters. The molecule has 0 saturated heterocycles. The molecule has 0 saturated carbocycles. The summed E-state index contributed by atoms with van der Waals surface area (Å²) in [5.41, 5.74) is 1.80. The number of rotatable bonds is 5. The van der Waals surface area contributed by atoms with Gasteiger partial charge in [-0.05, 0) is 13.0 Å². The third-order valence-electron chi connectivity index (χ3n) is 4.97. The smallest absolute Gasteiger partial charge is 0.340 e. The van der Waals surface area contributed by atoms with E-state index >= 15 is 0 Å². The van der Waals surface area contributed by atoms with Crippen molar-refractivity contribution in [2.45, 2.75) is 25.9 Å². The van der Waals surface area contributed by atoms with Gasteiger partial charge in [-0.15, -0.1) is 0 Å². The number of fused-ring (bicyclic) bond motifs is 1. The fourth-order valence-electron chi connectivity index (χ4n) is 3.22. The predicted octanol–water partition coefficient (Wildman–Crippen LogP) is 3.63. The molecule has 0 fully saturated rings. The summed E-state index contributed by atoms with van der Waals surface area (Å²) >= 11 is 0. The molecule has 0 aliphatic carbocycles. The maximum Gasteiger partial charge on any atom is 0.340 e. The van der Waals surface area contributed by atoms with E-state index in [1.807, 2.05) is 19.1 Å². The first-order chi connectivity index (χ1) is 13.4. The number of carbonyl (C=O) groups excluding carboxylic acids is 2. The van der Waals surface area contributed by atoms with E-state index in [9.17, 15) is 9.59 Å². The highest BCUT2D eigenvalue weighted by Crippen LogP contribution is 2.41. The van der Waals surface area contributed by atoms with Gasteiger partial charge in [-0.25, -0.2) is 4.79 Å². The van der Waals surface area contributed by atoms with Crippen molar-refractivity contribution in [2.75, 3.05) is 26.6 Å². The van der Waals surface area contributed by atoms with Crippen LogP contribution >= 0.6 is 0 Å². The Bertz CT molecular complexity index is 923. The van der Waals surface area contributed by atoms with E-state index < -0.39 is 11.9 Å². The van der Waals surface area contributed by atoms with Crippen molar-refractivity contribution in [1.29, 1.82) is 0 Å². The average molecular weight is 385 g/mol. The zero-order valence-corrected chi connectivity index (χ0v) is 16.5. The standard InChI is InChI=1S/C21H23NO6/c1-11-12(2)28-19-13(11)7-6-8-14(19)20(23)22-16-10-18(26-4)17(25-3)9-15(16)21(24)27-5/h6-12H,1-5H3,(H,22,23). The minimum atomic E-state index is -0.604. The second-order valence-electron chi connectivity index (χ2n) is 6.53. The number of amides is 1. The normalized spacial score (nSPS) is 17.3. The van der Waals surface area contributed by atoms with Crippen molar-refractivity contribution in [3.63, 3.8) is 0 Å². The molecule has 148 valence electrons. The second-order valence-corrected chi connectivity index (χ2v) is 6.53. The number of benzene rings is 2. The van der Waals surface area contributed by atoms with Crippen LogP contribution in [0.25, 0.3) is 0 Å². The zero-order chi connectivity index (χ0) is 20.4. The highest BCUT2D eigenvalue weighted by atomic mass is 16.5. The molecule has 7 heteroatoms. The molecule has 1 aliphatic rings. The van der Waals surface area contributed by atoms with Crippen LogP contribution in [0.1, 0.15) is 46.0 Å². The molecular formula is C21H23NO6. The van der Waals surface area contributed by atoms with Gasteiger partial charge in [-0.2, -0.15) is 0 Å². The fraction of sp³-hybridized carbons (Fsp3) is 0.333. The number of carbonyl (C=O) groups is 2. The second kappa shape index (κ2) is 7.80. The van der Waals surface area contributed by atoms with E-state index in [1.165, 1.54) is 33.5 Å². The molecule has 0 radical (unpaired) electrons. The average Bonchev–Trinajstić information content (AvgIpc) is 3.00. The molecule has 1 aliphatic heterocycles. The summed E-state index contributed by atoms with van der Waals surface area (Å²) in [6.45, 7) is 4.03. The predicted molar refractivity (Wildman–Crippen MR) is 104 cm³/mol. The summed E-state index contributed by atoms with van der Waals surface area (Å²) in [5.74, 6) is 0.493. The fourth-order valence-corrected chi connectivity index (χ4v) is 3.22. The third kappa shape index (κ3) is 3.35. The first-order valence-electron chi connectivity index (χ1n) is 8.86. The highest BCUT2D eigenvalue weighted by Gasteiger charge is 2.31. The maximum absolute atomic E-state index is 13.0. The van der Waals surface area contributed by atoms with Gasteiger partial charge in [0, 0.05) is 23.6 Å². The first kappa shape index (κ1) is 19.5. The lowest BCUT2D eigenvalue weighted by Gasteiger charge is -2.15. The molecule has 1 heterocycles. The quantitative estimate of drug-likeness (QED) is 0.792. The molecule has 1 amide bonds. The monoisotopic (exact) mass is 385 g/mol. The van der Waals surface area contributed by atoms with Gasteiger partial charge in [-0.3, -0.25) is 4.79 Å². The SMILES string of the molecule is COC(=O)c1cc(OC)c(OC)cc1NC(=O)c1cccc2c1OC(C)C2C. The summed E-state index contributed by atoms with van der Waals surface area (Å²) in [4.78, 5) is 25.2. The van der Waals surface area contributed by atoms with Crippen LogP contribution in [0.5, 0.6) is 17.2 Å². The van der Waals surface area contributed by atoms with E-state index in [-0.39, 0.29) is 23.3 Å². The molecule has 28 heavy (non-hydrogen) atoms. The number of methoxy groups -OCH3 is 3. The van der Waals surface area contributed by atoms with Crippen LogP contribution in [-0.4, -0.2) is 39.3 Å². The molecular weight excluding hydrogens is 362 g/mol. The molecule has 2 atom stereocenters. The van der Waals surface area contributed by atoms with Crippen LogP contribution in [0, 0.1) is 0 Å². The van der Waals surface area contributed by atoms with Crippen molar-refractivity contribution < 1.29 is 28.5 Å². The molecule has 3 rings (SSSR count). The Kier molecular flexibility index (Phi) is 5.44. The van der Waals surface area contributed by atoms with Crippen LogP contribution in [0.3, 0.4) is 0 Å². The number of hydrogen-bond donors (Lipinski definition) is 1. The van der Waals surface area contributed by atoms with Crippen molar-refractivity contribution in [3.8, 4) is 17.2 Å². The van der Waals surface area contributed by atoms with Gasteiger partial charge in [0.1, 0.15) is 11.9 Å². The van der Waals surface area contributed by atoms with Crippen LogP contribution < -0.4 is 19.5 Å². The lowest BCUT2D eigenvalue weighted by atomic mass is 9.96. The summed E-state index contributed by atoms with van der Waals surface area (Å²) in [6, 6.07) is 8.46. The van der Waals surface area contributed by atoms with Crippen molar-refractivity contribution in [2.24, 2.45) is 0 Å². The van der Waals surface area contributed by atoms with E-state index in [4.69, 9.17) is 18.9 Å². The molecule has 0 bridgehead atoms. The van der Waals surface area contributed by atoms with E-state index in [0.29, 0.717) is 22.8 Å². The summed E-state index contributed by atoms with van der Waals surface area (Å²) < 4.78 is 21.2. The molecule has 2 aromatic carbocycles. The van der Waals surface area contributed by atoms with Crippen molar-refractivity contribution in [1.82, 2.24) is 0 Å². The topological polar surface area (TPSA) is 83.1 Å². The summed E-state index contributed by atoms with van der Waals surface area (Å²) in [5, 5.41) is 2.77. The molecule has 0 spiro atoms. The summed E-state index contributed by atoms with van der Waals surface area (Å²) in [6.07, 6.45) is -0.0179. The number of esters is 1. The number of para-hydroxylation sites is 1. The van der Waals surface area contributed by atoms with Gasteiger partial charge >= 0.3 is 5.97 Å². The van der Waals surface area contributed by atoms with Crippen molar-refractivity contribution in [3.05, 3.63) is 47.0 Å². The number of ether oxygens (including phenoxy) is 4. The lowest BCUT2D eigenvalue weighted by molar-refractivity contribution is 0.0601. The third-order valence-corrected chi connectivity index (χ3v) is 4.97. The van der Waals surface area contributed by atoms with Gasteiger partial charge in [0.2, 0.25) is 0 Å². The minimum Gasteiger partial charge on any atom is -0.493 e. The summed E-state index contributed by atoms with van der Waals surface area (Å²) in [7, 11) is 4.21. The van der Waals surface area contributed by atoms with Gasteiger partial charge in [0.05, 0.1) is 38.1 Å². The lowest BCUT2D eigenvalue weighted by Crippen LogP contribution is -2.17. The highest BCUT2D eigenvalue weighted by molar-refractivity contribution is 6.10. The molecule has 2 aromatic rings. The van der Waals surface area contributed by atoms with Crippen LogP contribution in [0.15, 0.2) is 30.3 Å². The molecule has 7 nitrogen and oxygen atoms in total. The van der Waals surface area contributed by atoms with Gasteiger partial charge in [-0.1, -0.05) is 19.1 Å². The van der Waals surface area contributed by atoms with Gasteiger partial charge in [0.15, 0.2) is 11.5 Å². The number of anilines is 1. The number of hydrogen-bond acceptors (Lipinski definition) is 6. The Morgan fingerprint density at radius 1 is 1.00 bits per heavy atom. The maximum atomic E-state index is 13.0. The van der Waals surface area contributed by atoms with Gasteiger partial charge in [0.25, 0.3) is 5.91 Å². The van der Waals surface area contributed by atoms with E-state index in [0.717, 1.165) is 5.56 Å². The Morgan fingerprint density at radius 2 is 1.68 bits per heavy atom. The molecule has 0 aromatic heterocycles. The Balaban J connectivity index is 2.00. The zero-order valence-electron chi connectivity index (χ0n) is 16.5. The Morgan fingerprint density at radius 3 is 2.32 bits per heavy atom. The molecule has 1 N–H and O–H groups in total. The minimum absolute atomic E-state index is 0.0179. The van der Waals surface area contributed by atoms with Crippen LogP contribution in [-0.2, 0) is 4.74 Å². The number of nitrogens with one attached hydrogen (secondary N) is 1. The van der Waals surface area contributed by atoms with Gasteiger partial charge < -0.3 is 24.3 Å². The Labute approximate surface area is 163 Å². The van der Waals surface area contributed by atoms with Crippen LogP contribution in [0.4, 0.5) is 5.69 Å².